The van der Waals surface area contributed by atoms with Crippen LogP contribution in [0.4, 0.5) is 4.39 Å². The SMILES string of the molecule is CCCNCc1cc(F)ccc1OCc1csc(CC)n1. The van der Waals surface area contributed by atoms with E-state index in [1.54, 1.807) is 17.4 Å². The molecule has 1 aromatic carbocycles. The van der Waals surface area contributed by atoms with E-state index in [2.05, 4.69) is 24.1 Å². The first-order valence-corrected chi connectivity index (χ1v) is 8.16. The first kappa shape index (κ1) is 15.9. The van der Waals surface area contributed by atoms with E-state index >= 15 is 0 Å². The van der Waals surface area contributed by atoms with Crippen molar-refractivity contribution in [3.05, 3.63) is 45.7 Å². The highest BCUT2D eigenvalue weighted by atomic mass is 32.1. The van der Waals surface area contributed by atoms with Gasteiger partial charge in [-0.2, -0.15) is 0 Å². The van der Waals surface area contributed by atoms with Crippen molar-refractivity contribution in [1.29, 1.82) is 0 Å². The van der Waals surface area contributed by atoms with Crippen LogP contribution in [0.3, 0.4) is 0 Å². The van der Waals surface area contributed by atoms with Crippen molar-refractivity contribution in [1.82, 2.24) is 10.3 Å². The number of nitrogens with one attached hydrogen (secondary N) is 1. The molecule has 0 aliphatic heterocycles. The minimum Gasteiger partial charge on any atom is -0.487 e. The van der Waals surface area contributed by atoms with Crippen LogP contribution in [0.15, 0.2) is 23.6 Å². The van der Waals surface area contributed by atoms with Gasteiger partial charge in [-0.25, -0.2) is 9.37 Å². The predicted octanol–water partition coefficient (Wildman–Crippen LogP) is 3.92. The van der Waals surface area contributed by atoms with E-state index in [0.717, 1.165) is 35.7 Å². The van der Waals surface area contributed by atoms with Crippen LogP contribution < -0.4 is 10.1 Å². The van der Waals surface area contributed by atoms with Crippen molar-refractivity contribution < 1.29 is 9.13 Å². The van der Waals surface area contributed by atoms with Crippen LogP contribution >= 0.6 is 11.3 Å². The molecule has 0 fully saturated rings. The molecule has 0 atom stereocenters. The first-order valence-electron chi connectivity index (χ1n) is 7.28. The molecule has 0 spiro atoms. The molecule has 0 amide bonds. The third kappa shape index (κ3) is 4.79. The average molecular weight is 308 g/mol. The normalized spacial score (nSPS) is 10.8. The van der Waals surface area contributed by atoms with E-state index in [4.69, 9.17) is 4.74 Å². The fourth-order valence-electron chi connectivity index (χ4n) is 1.96. The topological polar surface area (TPSA) is 34.1 Å². The van der Waals surface area contributed by atoms with Gasteiger partial charge in [-0.05, 0) is 37.6 Å². The van der Waals surface area contributed by atoms with Crippen molar-refractivity contribution >= 4 is 11.3 Å². The van der Waals surface area contributed by atoms with Crippen molar-refractivity contribution in [2.75, 3.05) is 6.54 Å². The zero-order chi connectivity index (χ0) is 15.1. The minimum atomic E-state index is -0.238. The second-order valence-corrected chi connectivity index (χ2v) is 5.75. The van der Waals surface area contributed by atoms with Gasteiger partial charge in [0.2, 0.25) is 0 Å². The lowest BCUT2D eigenvalue weighted by molar-refractivity contribution is 0.297. The Morgan fingerprint density at radius 1 is 1.33 bits per heavy atom. The molecule has 1 heterocycles. The highest BCUT2D eigenvalue weighted by Gasteiger charge is 2.07. The molecule has 3 nitrogen and oxygen atoms in total. The number of halogens is 1. The standard InChI is InChI=1S/C16H21FN2OS/c1-3-7-18-9-12-8-13(17)5-6-15(12)20-10-14-11-21-16(4-2)19-14/h5-6,8,11,18H,3-4,7,9-10H2,1-2H3. The summed E-state index contributed by atoms with van der Waals surface area (Å²) < 4.78 is 19.2. The summed E-state index contributed by atoms with van der Waals surface area (Å²) in [6.45, 7) is 6.12. The van der Waals surface area contributed by atoms with E-state index in [1.807, 2.05) is 5.38 Å². The summed E-state index contributed by atoms with van der Waals surface area (Å²) in [5.74, 6) is 0.476. The maximum Gasteiger partial charge on any atom is 0.131 e. The van der Waals surface area contributed by atoms with Gasteiger partial charge in [0.15, 0.2) is 0 Å². The van der Waals surface area contributed by atoms with Gasteiger partial charge in [-0.15, -0.1) is 11.3 Å². The number of hydrogen-bond donors (Lipinski definition) is 1. The number of thiazole rings is 1. The van der Waals surface area contributed by atoms with E-state index < -0.39 is 0 Å². The Morgan fingerprint density at radius 2 is 2.19 bits per heavy atom. The lowest BCUT2D eigenvalue weighted by Crippen LogP contribution is -2.15. The van der Waals surface area contributed by atoms with Gasteiger partial charge in [0.25, 0.3) is 0 Å². The lowest BCUT2D eigenvalue weighted by Gasteiger charge is -2.11. The van der Waals surface area contributed by atoms with E-state index in [0.29, 0.717) is 18.9 Å². The highest BCUT2D eigenvalue weighted by molar-refractivity contribution is 7.09. The van der Waals surface area contributed by atoms with Crippen LogP contribution in [0.1, 0.15) is 36.5 Å². The number of aromatic nitrogens is 1. The van der Waals surface area contributed by atoms with Crippen LogP contribution in [0.2, 0.25) is 0 Å². The van der Waals surface area contributed by atoms with Crippen LogP contribution in [-0.4, -0.2) is 11.5 Å². The van der Waals surface area contributed by atoms with Gasteiger partial charge in [0, 0.05) is 17.5 Å². The number of aryl methyl sites for hydroxylation is 1. The Kier molecular flexibility index (Phi) is 6.14. The number of rotatable bonds is 8. The van der Waals surface area contributed by atoms with Gasteiger partial charge in [-0.3, -0.25) is 0 Å². The molecule has 0 saturated heterocycles. The molecule has 1 N–H and O–H groups in total. The summed E-state index contributed by atoms with van der Waals surface area (Å²) in [4.78, 5) is 4.47. The minimum absolute atomic E-state index is 0.238. The molecule has 114 valence electrons. The average Bonchev–Trinajstić information content (AvgIpc) is 2.95. The fraction of sp³-hybridized carbons (Fsp3) is 0.438. The number of hydrogen-bond acceptors (Lipinski definition) is 4. The van der Waals surface area contributed by atoms with Gasteiger partial charge in [-0.1, -0.05) is 13.8 Å². The quantitative estimate of drug-likeness (QED) is 0.750. The van der Waals surface area contributed by atoms with Gasteiger partial charge >= 0.3 is 0 Å². The van der Waals surface area contributed by atoms with Crippen molar-refractivity contribution in [3.63, 3.8) is 0 Å². The first-order chi connectivity index (χ1) is 10.2. The van der Waals surface area contributed by atoms with Crippen LogP contribution in [0.25, 0.3) is 0 Å². The summed E-state index contributed by atoms with van der Waals surface area (Å²) in [5, 5.41) is 6.39. The smallest absolute Gasteiger partial charge is 0.131 e. The van der Waals surface area contributed by atoms with Crippen LogP contribution in [0, 0.1) is 5.82 Å². The molecule has 0 saturated carbocycles. The van der Waals surface area contributed by atoms with Crippen molar-refractivity contribution in [2.45, 2.75) is 39.8 Å². The Hall–Kier alpha value is -1.46. The van der Waals surface area contributed by atoms with Crippen LogP contribution in [0.5, 0.6) is 5.75 Å². The third-order valence-electron chi connectivity index (χ3n) is 3.04. The maximum absolute atomic E-state index is 13.4. The molecular weight excluding hydrogens is 287 g/mol. The van der Waals surface area contributed by atoms with Crippen molar-refractivity contribution in [3.8, 4) is 5.75 Å². The molecule has 0 aliphatic carbocycles. The second-order valence-electron chi connectivity index (χ2n) is 4.80. The Balaban J connectivity index is 2.00. The van der Waals surface area contributed by atoms with Gasteiger partial charge in [0.1, 0.15) is 18.2 Å². The zero-order valence-electron chi connectivity index (χ0n) is 12.5. The van der Waals surface area contributed by atoms with E-state index in [9.17, 15) is 4.39 Å². The van der Waals surface area contributed by atoms with Crippen LogP contribution in [-0.2, 0) is 19.6 Å². The summed E-state index contributed by atoms with van der Waals surface area (Å²) in [5.41, 5.74) is 1.77. The fourth-order valence-corrected chi connectivity index (χ4v) is 2.69. The van der Waals surface area contributed by atoms with E-state index in [1.165, 1.54) is 12.1 Å². The zero-order valence-corrected chi connectivity index (χ0v) is 13.3. The van der Waals surface area contributed by atoms with E-state index in [-0.39, 0.29) is 5.82 Å². The second kappa shape index (κ2) is 8.10. The summed E-state index contributed by atoms with van der Waals surface area (Å²) >= 11 is 1.64. The molecule has 5 heteroatoms. The highest BCUT2D eigenvalue weighted by Crippen LogP contribution is 2.21. The molecule has 1 aromatic heterocycles. The number of nitrogens with zero attached hydrogens (tertiary/aromatic N) is 1. The van der Waals surface area contributed by atoms with Gasteiger partial charge in [0.05, 0.1) is 10.7 Å². The maximum atomic E-state index is 13.4. The summed E-state index contributed by atoms with van der Waals surface area (Å²) in [6.07, 6.45) is 1.98. The molecule has 0 bridgehead atoms. The van der Waals surface area contributed by atoms with Gasteiger partial charge < -0.3 is 10.1 Å². The molecule has 0 unspecified atom stereocenters. The summed E-state index contributed by atoms with van der Waals surface area (Å²) in [7, 11) is 0. The Labute approximate surface area is 129 Å². The third-order valence-corrected chi connectivity index (χ3v) is 4.08. The molecular formula is C16H21FN2OS. The molecule has 0 aliphatic rings. The predicted molar refractivity (Wildman–Crippen MR) is 84.2 cm³/mol. The lowest BCUT2D eigenvalue weighted by atomic mass is 10.2. The molecule has 21 heavy (non-hydrogen) atoms. The monoisotopic (exact) mass is 308 g/mol. The summed E-state index contributed by atoms with van der Waals surface area (Å²) in [6, 6.07) is 4.64. The Morgan fingerprint density at radius 3 is 2.90 bits per heavy atom. The largest absolute Gasteiger partial charge is 0.487 e. The molecule has 2 rings (SSSR count). The Bertz CT molecular complexity index is 571. The number of benzene rings is 1. The molecule has 0 radical (unpaired) electrons. The molecule has 2 aromatic rings. The van der Waals surface area contributed by atoms with Crippen molar-refractivity contribution in [2.24, 2.45) is 0 Å². The number of ether oxygens (including phenoxy) is 1.